The number of hydrogen-bond acceptors (Lipinski definition) is 3. The molecule has 0 aliphatic carbocycles. The predicted octanol–water partition coefficient (Wildman–Crippen LogP) is 1.74. The van der Waals surface area contributed by atoms with E-state index in [9.17, 15) is 9.90 Å². The third-order valence-electron chi connectivity index (χ3n) is 3.82. The zero-order chi connectivity index (χ0) is 12.2. The van der Waals surface area contributed by atoms with Gasteiger partial charge in [0.25, 0.3) is 0 Å². The SMILES string of the molecule is CCC1COCCN1C(CC)(CC)C(=O)O. The summed E-state index contributed by atoms with van der Waals surface area (Å²) < 4.78 is 5.43. The van der Waals surface area contributed by atoms with Crippen molar-refractivity contribution in [2.75, 3.05) is 19.8 Å². The molecule has 1 heterocycles. The molecule has 94 valence electrons. The Morgan fingerprint density at radius 3 is 2.50 bits per heavy atom. The van der Waals surface area contributed by atoms with Gasteiger partial charge in [-0.25, -0.2) is 0 Å². The van der Waals surface area contributed by atoms with Crippen molar-refractivity contribution < 1.29 is 14.6 Å². The first kappa shape index (κ1) is 13.5. The lowest BCUT2D eigenvalue weighted by atomic mass is 9.88. The van der Waals surface area contributed by atoms with Crippen molar-refractivity contribution in [3.63, 3.8) is 0 Å². The first-order chi connectivity index (χ1) is 7.62. The van der Waals surface area contributed by atoms with Crippen LogP contribution in [0.5, 0.6) is 0 Å². The first-order valence-corrected chi connectivity index (χ1v) is 6.20. The number of carboxylic acid groups (broad SMARTS) is 1. The smallest absolute Gasteiger partial charge is 0.324 e. The Balaban J connectivity index is 2.95. The molecule has 0 aromatic heterocycles. The van der Waals surface area contributed by atoms with Crippen molar-refractivity contribution in [2.45, 2.75) is 51.6 Å². The van der Waals surface area contributed by atoms with Crippen molar-refractivity contribution in [1.82, 2.24) is 4.90 Å². The van der Waals surface area contributed by atoms with Gasteiger partial charge in [-0.15, -0.1) is 0 Å². The van der Waals surface area contributed by atoms with Gasteiger partial charge in [-0.3, -0.25) is 9.69 Å². The van der Waals surface area contributed by atoms with Gasteiger partial charge < -0.3 is 9.84 Å². The molecule has 0 aromatic carbocycles. The van der Waals surface area contributed by atoms with Gasteiger partial charge in [-0.05, 0) is 19.3 Å². The summed E-state index contributed by atoms with van der Waals surface area (Å²) >= 11 is 0. The lowest BCUT2D eigenvalue weighted by Crippen LogP contribution is -2.61. The maximum atomic E-state index is 11.6. The van der Waals surface area contributed by atoms with Crippen LogP contribution in [0.15, 0.2) is 0 Å². The number of morpholine rings is 1. The number of carboxylic acids is 1. The van der Waals surface area contributed by atoms with E-state index in [1.807, 2.05) is 13.8 Å². The first-order valence-electron chi connectivity index (χ1n) is 6.20. The normalized spacial score (nSPS) is 23.3. The van der Waals surface area contributed by atoms with Crippen LogP contribution in [0.2, 0.25) is 0 Å². The third kappa shape index (κ3) is 2.23. The Bertz CT molecular complexity index is 238. The minimum absolute atomic E-state index is 0.241. The predicted molar refractivity (Wildman–Crippen MR) is 62.6 cm³/mol. The van der Waals surface area contributed by atoms with E-state index < -0.39 is 11.5 Å². The van der Waals surface area contributed by atoms with E-state index in [0.717, 1.165) is 13.0 Å². The second-order valence-corrected chi connectivity index (χ2v) is 4.37. The van der Waals surface area contributed by atoms with E-state index in [-0.39, 0.29) is 6.04 Å². The summed E-state index contributed by atoms with van der Waals surface area (Å²) in [5, 5.41) is 9.51. The fourth-order valence-electron chi connectivity index (χ4n) is 2.64. The zero-order valence-electron chi connectivity index (χ0n) is 10.5. The van der Waals surface area contributed by atoms with Gasteiger partial charge in [0.15, 0.2) is 0 Å². The molecule has 1 N–H and O–H groups in total. The lowest BCUT2D eigenvalue weighted by Gasteiger charge is -2.46. The van der Waals surface area contributed by atoms with Gasteiger partial charge in [-0.2, -0.15) is 0 Å². The van der Waals surface area contributed by atoms with Crippen molar-refractivity contribution >= 4 is 5.97 Å². The molecule has 16 heavy (non-hydrogen) atoms. The Hall–Kier alpha value is -0.610. The fourth-order valence-corrected chi connectivity index (χ4v) is 2.64. The number of rotatable bonds is 5. The quantitative estimate of drug-likeness (QED) is 0.780. The molecule has 1 atom stereocenters. The molecule has 0 spiro atoms. The Labute approximate surface area is 97.6 Å². The van der Waals surface area contributed by atoms with Crippen LogP contribution in [-0.2, 0) is 9.53 Å². The topological polar surface area (TPSA) is 49.8 Å². The van der Waals surface area contributed by atoms with Crippen LogP contribution in [-0.4, -0.2) is 47.3 Å². The summed E-state index contributed by atoms with van der Waals surface area (Å²) in [5.74, 6) is -0.696. The zero-order valence-corrected chi connectivity index (χ0v) is 10.5. The highest BCUT2D eigenvalue weighted by Crippen LogP contribution is 2.29. The number of carbonyl (C=O) groups is 1. The molecule has 4 nitrogen and oxygen atoms in total. The molecule has 0 aromatic rings. The van der Waals surface area contributed by atoms with Gasteiger partial charge >= 0.3 is 5.97 Å². The summed E-state index contributed by atoms with van der Waals surface area (Å²) in [6, 6.07) is 0.241. The van der Waals surface area contributed by atoms with Gasteiger partial charge in [0.2, 0.25) is 0 Å². The Morgan fingerprint density at radius 2 is 2.06 bits per heavy atom. The van der Waals surface area contributed by atoms with Crippen LogP contribution < -0.4 is 0 Å². The monoisotopic (exact) mass is 229 g/mol. The molecule has 0 bridgehead atoms. The molecule has 1 fully saturated rings. The average Bonchev–Trinajstić information content (AvgIpc) is 2.31. The molecule has 0 saturated carbocycles. The standard InChI is InChI=1S/C12H23NO3/c1-4-10-9-16-8-7-13(10)12(5-2,6-3)11(14)15/h10H,4-9H2,1-3H3,(H,14,15). The van der Waals surface area contributed by atoms with Gasteiger partial charge in [0.05, 0.1) is 13.2 Å². The summed E-state index contributed by atoms with van der Waals surface area (Å²) in [7, 11) is 0. The second kappa shape index (κ2) is 5.64. The lowest BCUT2D eigenvalue weighted by molar-refractivity contribution is -0.160. The summed E-state index contributed by atoms with van der Waals surface area (Å²) in [5.41, 5.74) is -0.704. The van der Waals surface area contributed by atoms with Crippen LogP contribution in [0.25, 0.3) is 0 Å². The summed E-state index contributed by atoms with van der Waals surface area (Å²) in [6.07, 6.45) is 2.24. The minimum atomic E-state index is -0.704. The Kier molecular flexibility index (Phi) is 4.74. The van der Waals surface area contributed by atoms with E-state index in [0.29, 0.717) is 26.1 Å². The van der Waals surface area contributed by atoms with Crippen LogP contribution in [0.4, 0.5) is 0 Å². The molecule has 1 unspecified atom stereocenters. The third-order valence-corrected chi connectivity index (χ3v) is 3.82. The molecule has 1 saturated heterocycles. The van der Waals surface area contributed by atoms with Gasteiger partial charge in [0.1, 0.15) is 5.54 Å². The molecular weight excluding hydrogens is 206 g/mol. The van der Waals surface area contributed by atoms with Crippen molar-refractivity contribution in [1.29, 1.82) is 0 Å². The van der Waals surface area contributed by atoms with E-state index >= 15 is 0 Å². The maximum absolute atomic E-state index is 11.6. The van der Waals surface area contributed by atoms with Crippen LogP contribution in [0.3, 0.4) is 0 Å². The molecular formula is C12H23NO3. The number of aliphatic carboxylic acids is 1. The molecule has 1 rings (SSSR count). The van der Waals surface area contributed by atoms with Crippen LogP contribution in [0.1, 0.15) is 40.0 Å². The molecule has 4 heteroatoms. The highest BCUT2D eigenvalue weighted by molar-refractivity contribution is 5.78. The Morgan fingerprint density at radius 1 is 1.44 bits per heavy atom. The number of hydrogen-bond donors (Lipinski definition) is 1. The number of ether oxygens (including phenoxy) is 1. The van der Waals surface area contributed by atoms with Crippen molar-refractivity contribution in [3.05, 3.63) is 0 Å². The second-order valence-electron chi connectivity index (χ2n) is 4.37. The number of nitrogens with zero attached hydrogens (tertiary/aromatic N) is 1. The molecule has 1 aliphatic heterocycles. The molecule has 0 amide bonds. The van der Waals surface area contributed by atoms with E-state index in [2.05, 4.69) is 11.8 Å². The largest absolute Gasteiger partial charge is 0.480 e. The summed E-state index contributed by atoms with van der Waals surface area (Å²) in [6.45, 7) is 8.04. The van der Waals surface area contributed by atoms with E-state index in [4.69, 9.17) is 4.74 Å². The molecule has 0 radical (unpaired) electrons. The van der Waals surface area contributed by atoms with Crippen molar-refractivity contribution in [2.24, 2.45) is 0 Å². The minimum Gasteiger partial charge on any atom is -0.480 e. The highest BCUT2D eigenvalue weighted by Gasteiger charge is 2.44. The maximum Gasteiger partial charge on any atom is 0.324 e. The van der Waals surface area contributed by atoms with E-state index in [1.54, 1.807) is 0 Å². The fraction of sp³-hybridized carbons (Fsp3) is 0.917. The summed E-state index contributed by atoms with van der Waals surface area (Å²) in [4.78, 5) is 13.7. The van der Waals surface area contributed by atoms with Gasteiger partial charge in [0, 0.05) is 12.6 Å². The molecule has 1 aliphatic rings. The van der Waals surface area contributed by atoms with Crippen LogP contribution >= 0.6 is 0 Å². The van der Waals surface area contributed by atoms with Gasteiger partial charge in [-0.1, -0.05) is 20.8 Å². The van der Waals surface area contributed by atoms with Crippen LogP contribution in [0, 0.1) is 0 Å². The average molecular weight is 229 g/mol. The highest BCUT2D eigenvalue weighted by atomic mass is 16.5. The van der Waals surface area contributed by atoms with Crippen molar-refractivity contribution in [3.8, 4) is 0 Å². The van der Waals surface area contributed by atoms with E-state index in [1.165, 1.54) is 0 Å².